The van der Waals surface area contributed by atoms with E-state index in [-0.39, 0.29) is 18.8 Å². The molecule has 5 nitrogen and oxygen atoms in total. The van der Waals surface area contributed by atoms with Gasteiger partial charge in [0.05, 0.1) is 12.7 Å². The first-order chi connectivity index (χ1) is 9.19. The minimum absolute atomic E-state index is 0.0419. The summed E-state index contributed by atoms with van der Waals surface area (Å²) in [6.07, 6.45) is 5.23. The van der Waals surface area contributed by atoms with Gasteiger partial charge in [-0.05, 0) is 32.4 Å². The first kappa shape index (κ1) is 14.8. The maximum absolute atomic E-state index is 10.5. The second kappa shape index (κ2) is 7.22. The van der Waals surface area contributed by atoms with Crippen LogP contribution in [0.3, 0.4) is 0 Å². The SMILES string of the molecule is CCN1CCCCC1CC1OCC(CCC(=O)O)O1. The predicted octanol–water partition coefficient (Wildman–Crippen LogP) is 1.86. The van der Waals surface area contributed by atoms with Gasteiger partial charge in [0.25, 0.3) is 0 Å². The summed E-state index contributed by atoms with van der Waals surface area (Å²) < 4.78 is 11.4. The van der Waals surface area contributed by atoms with Crippen molar-refractivity contribution in [3.63, 3.8) is 0 Å². The van der Waals surface area contributed by atoms with E-state index in [4.69, 9.17) is 14.6 Å². The number of carboxylic acid groups (broad SMARTS) is 1. The van der Waals surface area contributed by atoms with Gasteiger partial charge in [0, 0.05) is 18.9 Å². The van der Waals surface area contributed by atoms with Gasteiger partial charge >= 0.3 is 5.97 Å². The van der Waals surface area contributed by atoms with Gasteiger partial charge in [0.15, 0.2) is 6.29 Å². The normalized spacial score (nSPS) is 32.6. The number of nitrogens with zero attached hydrogens (tertiary/aromatic N) is 1. The Hall–Kier alpha value is -0.650. The van der Waals surface area contributed by atoms with Gasteiger partial charge in [-0.15, -0.1) is 0 Å². The molecule has 0 amide bonds. The number of piperidine rings is 1. The van der Waals surface area contributed by atoms with Crippen molar-refractivity contribution in [2.75, 3.05) is 19.7 Å². The van der Waals surface area contributed by atoms with Gasteiger partial charge in [0.2, 0.25) is 0 Å². The number of rotatable bonds is 6. The topological polar surface area (TPSA) is 59.0 Å². The van der Waals surface area contributed by atoms with Crippen molar-refractivity contribution < 1.29 is 19.4 Å². The molecular weight excluding hydrogens is 246 g/mol. The van der Waals surface area contributed by atoms with Gasteiger partial charge in [-0.1, -0.05) is 13.3 Å². The highest BCUT2D eigenvalue weighted by Gasteiger charge is 2.31. The van der Waals surface area contributed by atoms with Crippen molar-refractivity contribution in [2.24, 2.45) is 0 Å². The Morgan fingerprint density at radius 3 is 3.00 bits per heavy atom. The van der Waals surface area contributed by atoms with Crippen LogP contribution in [-0.2, 0) is 14.3 Å². The Balaban J connectivity index is 1.73. The second-order valence-electron chi connectivity index (χ2n) is 5.47. The Bertz CT molecular complexity index is 297. The van der Waals surface area contributed by atoms with E-state index in [9.17, 15) is 4.79 Å². The Morgan fingerprint density at radius 2 is 2.26 bits per heavy atom. The van der Waals surface area contributed by atoms with Gasteiger partial charge in [-0.3, -0.25) is 4.79 Å². The average molecular weight is 271 g/mol. The summed E-state index contributed by atoms with van der Waals surface area (Å²) in [5.74, 6) is -0.767. The van der Waals surface area contributed by atoms with Crippen molar-refractivity contribution in [3.8, 4) is 0 Å². The molecule has 0 saturated carbocycles. The molecule has 2 rings (SSSR count). The molecule has 2 aliphatic heterocycles. The molecule has 2 fully saturated rings. The number of likely N-dealkylation sites (tertiary alicyclic amines) is 1. The molecule has 0 aromatic heterocycles. The molecule has 19 heavy (non-hydrogen) atoms. The Kier molecular flexibility index (Phi) is 5.60. The van der Waals surface area contributed by atoms with Crippen molar-refractivity contribution >= 4 is 5.97 Å². The summed E-state index contributed by atoms with van der Waals surface area (Å²) in [5.41, 5.74) is 0. The zero-order valence-corrected chi connectivity index (χ0v) is 11.7. The molecule has 0 aromatic carbocycles. The number of aliphatic carboxylic acids is 1. The molecule has 3 atom stereocenters. The third kappa shape index (κ3) is 4.44. The van der Waals surface area contributed by atoms with Gasteiger partial charge in [-0.25, -0.2) is 0 Å². The molecule has 0 radical (unpaired) electrons. The molecular formula is C14H25NO4. The lowest BCUT2D eigenvalue weighted by molar-refractivity contribution is -0.138. The number of carbonyl (C=O) groups is 1. The molecule has 2 aliphatic rings. The number of ether oxygens (including phenoxy) is 2. The van der Waals surface area contributed by atoms with E-state index < -0.39 is 5.97 Å². The molecule has 0 aromatic rings. The number of hydrogen-bond acceptors (Lipinski definition) is 4. The van der Waals surface area contributed by atoms with Crippen molar-refractivity contribution in [2.45, 2.75) is 63.9 Å². The van der Waals surface area contributed by atoms with Crippen molar-refractivity contribution in [1.29, 1.82) is 0 Å². The third-order valence-electron chi connectivity index (χ3n) is 4.11. The molecule has 2 saturated heterocycles. The maximum atomic E-state index is 10.5. The molecule has 3 unspecified atom stereocenters. The van der Waals surface area contributed by atoms with Gasteiger partial charge < -0.3 is 19.5 Å². The molecule has 1 N–H and O–H groups in total. The minimum atomic E-state index is -0.767. The lowest BCUT2D eigenvalue weighted by atomic mass is 9.99. The van der Waals surface area contributed by atoms with E-state index in [1.807, 2.05) is 0 Å². The molecule has 0 bridgehead atoms. The van der Waals surface area contributed by atoms with Crippen LogP contribution in [0, 0.1) is 0 Å². The first-order valence-corrected chi connectivity index (χ1v) is 7.42. The predicted molar refractivity (Wildman–Crippen MR) is 71.0 cm³/mol. The number of carboxylic acids is 1. The third-order valence-corrected chi connectivity index (χ3v) is 4.11. The fraction of sp³-hybridized carbons (Fsp3) is 0.929. The van der Waals surface area contributed by atoms with E-state index >= 15 is 0 Å². The van der Waals surface area contributed by atoms with Gasteiger partial charge in [0.1, 0.15) is 0 Å². The summed E-state index contributed by atoms with van der Waals surface area (Å²) in [5, 5.41) is 8.66. The zero-order valence-electron chi connectivity index (χ0n) is 11.7. The lowest BCUT2D eigenvalue weighted by Crippen LogP contribution is -2.41. The molecule has 5 heteroatoms. The smallest absolute Gasteiger partial charge is 0.303 e. The molecule has 0 aliphatic carbocycles. The van der Waals surface area contributed by atoms with Crippen LogP contribution in [-0.4, -0.2) is 54.1 Å². The van der Waals surface area contributed by atoms with Crippen LogP contribution in [0.25, 0.3) is 0 Å². The molecule has 2 heterocycles. The maximum Gasteiger partial charge on any atom is 0.303 e. The van der Waals surface area contributed by atoms with Crippen LogP contribution in [0.15, 0.2) is 0 Å². The second-order valence-corrected chi connectivity index (χ2v) is 5.47. The molecule has 0 spiro atoms. The molecule has 110 valence electrons. The van der Waals surface area contributed by atoms with E-state index in [1.165, 1.54) is 25.8 Å². The quantitative estimate of drug-likeness (QED) is 0.799. The summed E-state index contributed by atoms with van der Waals surface area (Å²) in [7, 11) is 0. The highest BCUT2D eigenvalue weighted by molar-refractivity contribution is 5.66. The van der Waals surface area contributed by atoms with E-state index in [0.717, 1.165) is 13.0 Å². The van der Waals surface area contributed by atoms with Crippen LogP contribution in [0.4, 0.5) is 0 Å². The minimum Gasteiger partial charge on any atom is -0.481 e. The van der Waals surface area contributed by atoms with Crippen LogP contribution in [0.1, 0.15) is 45.4 Å². The van der Waals surface area contributed by atoms with E-state index in [2.05, 4.69) is 11.8 Å². The summed E-state index contributed by atoms with van der Waals surface area (Å²) in [6, 6.07) is 0.557. The average Bonchev–Trinajstić information content (AvgIpc) is 2.85. The van der Waals surface area contributed by atoms with E-state index in [1.54, 1.807) is 0 Å². The van der Waals surface area contributed by atoms with Gasteiger partial charge in [-0.2, -0.15) is 0 Å². The Labute approximate surface area is 114 Å². The number of hydrogen-bond donors (Lipinski definition) is 1. The van der Waals surface area contributed by atoms with Crippen LogP contribution in [0.2, 0.25) is 0 Å². The highest BCUT2D eigenvalue weighted by Crippen LogP contribution is 2.25. The highest BCUT2D eigenvalue weighted by atomic mass is 16.7. The summed E-state index contributed by atoms with van der Waals surface area (Å²) >= 11 is 0. The largest absolute Gasteiger partial charge is 0.481 e. The van der Waals surface area contributed by atoms with Crippen LogP contribution >= 0.6 is 0 Å². The van der Waals surface area contributed by atoms with Crippen molar-refractivity contribution in [1.82, 2.24) is 4.90 Å². The standard InChI is InChI=1S/C14H25NO4/c1-2-15-8-4-3-5-11(15)9-14-18-10-12(19-14)6-7-13(16)17/h11-12,14H,2-10H2,1H3,(H,16,17). The summed E-state index contributed by atoms with van der Waals surface area (Å²) in [4.78, 5) is 13.0. The fourth-order valence-corrected chi connectivity index (χ4v) is 3.03. The Morgan fingerprint density at radius 1 is 1.42 bits per heavy atom. The van der Waals surface area contributed by atoms with E-state index in [0.29, 0.717) is 19.1 Å². The monoisotopic (exact) mass is 271 g/mol. The fourth-order valence-electron chi connectivity index (χ4n) is 3.03. The van der Waals surface area contributed by atoms with Crippen LogP contribution < -0.4 is 0 Å². The summed E-state index contributed by atoms with van der Waals surface area (Å²) in [6.45, 7) is 5.00. The lowest BCUT2D eigenvalue weighted by Gasteiger charge is -2.35. The van der Waals surface area contributed by atoms with Crippen molar-refractivity contribution in [3.05, 3.63) is 0 Å². The van der Waals surface area contributed by atoms with Crippen LogP contribution in [0.5, 0.6) is 0 Å². The first-order valence-electron chi connectivity index (χ1n) is 7.42. The zero-order chi connectivity index (χ0) is 13.7.